The zero-order chi connectivity index (χ0) is 23.0. The maximum atomic E-state index is 13.0. The molecule has 164 valence electrons. The van der Waals surface area contributed by atoms with E-state index in [1.54, 1.807) is 42.5 Å². The van der Waals surface area contributed by atoms with Gasteiger partial charge in [0.1, 0.15) is 12.4 Å². The summed E-state index contributed by atoms with van der Waals surface area (Å²) in [6, 6.07) is 13.6. The van der Waals surface area contributed by atoms with Gasteiger partial charge in [-0.1, -0.05) is 51.3 Å². The maximum Gasteiger partial charge on any atom is 0.416 e. The van der Waals surface area contributed by atoms with E-state index in [0.717, 1.165) is 22.2 Å². The van der Waals surface area contributed by atoms with Crippen LogP contribution in [0.1, 0.15) is 22.3 Å². The van der Waals surface area contributed by atoms with Crippen LogP contribution in [-0.4, -0.2) is 5.91 Å². The van der Waals surface area contributed by atoms with Crippen molar-refractivity contribution in [2.24, 2.45) is 0 Å². The van der Waals surface area contributed by atoms with Crippen LogP contribution >= 0.6 is 39.1 Å². The van der Waals surface area contributed by atoms with E-state index in [-0.39, 0.29) is 17.9 Å². The first-order valence-electron chi connectivity index (χ1n) is 9.23. The summed E-state index contributed by atoms with van der Waals surface area (Å²) in [5, 5.41) is 3.34. The van der Waals surface area contributed by atoms with Crippen molar-refractivity contribution in [1.29, 1.82) is 0 Å². The summed E-state index contributed by atoms with van der Waals surface area (Å²) < 4.78 is 45.7. The van der Waals surface area contributed by atoms with Gasteiger partial charge in [0.2, 0.25) is 0 Å². The number of carbonyl (C=O) groups excluding carboxylic acids is 1. The number of nitrogens with one attached hydrogen (secondary N) is 1. The van der Waals surface area contributed by atoms with Crippen molar-refractivity contribution in [2.75, 3.05) is 5.32 Å². The minimum atomic E-state index is -4.50. The second-order valence-electron chi connectivity index (χ2n) is 6.99. The number of benzene rings is 3. The van der Waals surface area contributed by atoms with Gasteiger partial charge in [0, 0.05) is 26.9 Å². The minimum absolute atomic E-state index is 0.115. The summed E-state index contributed by atoms with van der Waals surface area (Å²) in [5.41, 5.74) is 1.29. The molecule has 0 spiro atoms. The average Bonchev–Trinajstić information content (AvgIpc) is 3.04. The van der Waals surface area contributed by atoms with Gasteiger partial charge < -0.3 is 10.1 Å². The van der Waals surface area contributed by atoms with Crippen molar-refractivity contribution in [1.82, 2.24) is 0 Å². The molecule has 0 unspecified atom stereocenters. The fourth-order valence-corrected chi connectivity index (χ4v) is 3.92. The van der Waals surface area contributed by atoms with Crippen molar-refractivity contribution >= 4 is 62.4 Å². The number of hydrogen-bond acceptors (Lipinski definition) is 2. The van der Waals surface area contributed by atoms with Gasteiger partial charge in [-0.05, 0) is 54.1 Å². The highest BCUT2D eigenvalue weighted by Crippen LogP contribution is 2.39. The largest absolute Gasteiger partial charge is 0.488 e. The third-order valence-corrected chi connectivity index (χ3v) is 6.01. The molecule has 4 rings (SSSR count). The molecule has 3 aromatic rings. The number of halogens is 6. The molecule has 3 aromatic carbocycles. The lowest BCUT2D eigenvalue weighted by atomic mass is 10.0. The van der Waals surface area contributed by atoms with Gasteiger partial charge >= 0.3 is 6.18 Å². The monoisotopic (exact) mass is 541 g/mol. The second-order valence-corrected chi connectivity index (χ2v) is 8.72. The van der Waals surface area contributed by atoms with Crippen LogP contribution in [0.15, 0.2) is 59.1 Å². The topological polar surface area (TPSA) is 38.3 Å². The molecular formula is C23H13BrCl2F3NO2. The summed E-state index contributed by atoms with van der Waals surface area (Å²) in [5.74, 6) is -0.00494. The lowest BCUT2D eigenvalue weighted by Gasteiger charge is -2.11. The van der Waals surface area contributed by atoms with Crippen molar-refractivity contribution < 1.29 is 22.7 Å². The van der Waals surface area contributed by atoms with E-state index >= 15 is 0 Å². The van der Waals surface area contributed by atoms with Crippen LogP contribution in [0, 0.1) is 0 Å². The normalized spacial score (nSPS) is 14.4. The zero-order valence-corrected chi connectivity index (χ0v) is 19.2. The highest BCUT2D eigenvalue weighted by Gasteiger charge is 2.33. The molecule has 0 bridgehead atoms. The van der Waals surface area contributed by atoms with Gasteiger partial charge in [-0.3, -0.25) is 4.79 Å². The summed E-state index contributed by atoms with van der Waals surface area (Å²) in [6.45, 7) is 0.201. The molecule has 32 heavy (non-hydrogen) atoms. The summed E-state index contributed by atoms with van der Waals surface area (Å²) in [6.07, 6.45) is -2.91. The third-order valence-electron chi connectivity index (χ3n) is 4.78. The molecule has 0 atom stereocenters. The number of amides is 1. The standard InChI is InChI=1S/C23H13BrCl2F3NO2/c24-15-3-6-21(32-11-12-1-5-18(25)19(26)7-12)13(8-15)9-17-16-4-2-14(23(27,28)29)10-20(16)30-22(17)31/h1-10H,11H2,(H,30,31)/b17-9-. The lowest BCUT2D eigenvalue weighted by Crippen LogP contribution is -2.06. The molecule has 1 N–H and O–H groups in total. The third kappa shape index (κ3) is 4.80. The molecule has 1 aliphatic rings. The lowest BCUT2D eigenvalue weighted by molar-refractivity contribution is -0.137. The van der Waals surface area contributed by atoms with Gasteiger partial charge in [-0.2, -0.15) is 13.2 Å². The Balaban J connectivity index is 1.66. The summed E-state index contributed by atoms with van der Waals surface area (Å²) >= 11 is 15.4. The maximum absolute atomic E-state index is 13.0. The molecule has 9 heteroatoms. The Labute approximate surface area is 199 Å². The average molecular weight is 543 g/mol. The molecule has 3 nitrogen and oxygen atoms in total. The number of hydrogen-bond donors (Lipinski definition) is 1. The highest BCUT2D eigenvalue weighted by molar-refractivity contribution is 9.10. The van der Waals surface area contributed by atoms with Crippen molar-refractivity contribution in [3.63, 3.8) is 0 Å². The number of alkyl halides is 3. The van der Waals surface area contributed by atoms with Crippen LogP contribution < -0.4 is 10.1 Å². The summed E-state index contributed by atoms with van der Waals surface area (Å²) in [4.78, 5) is 12.5. The van der Waals surface area contributed by atoms with Crippen molar-refractivity contribution in [2.45, 2.75) is 12.8 Å². The number of anilines is 1. The SMILES string of the molecule is O=C1Nc2cc(C(F)(F)F)ccc2/C1=C/c1cc(Br)ccc1OCc1ccc(Cl)c(Cl)c1. The number of rotatable bonds is 4. The number of ether oxygens (including phenoxy) is 1. The van der Waals surface area contributed by atoms with Gasteiger partial charge in [0.15, 0.2) is 0 Å². The van der Waals surface area contributed by atoms with E-state index in [0.29, 0.717) is 26.9 Å². The van der Waals surface area contributed by atoms with Crippen LogP contribution in [0.3, 0.4) is 0 Å². The molecule has 0 fully saturated rings. The molecule has 0 aliphatic carbocycles. The molecule has 1 aliphatic heterocycles. The van der Waals surface area contributed by atoms with E-state index in [1.165, 1.54) is 6.07 Å². The molecule has 0 aromatic heterocycles. The fraction of sp³-hybridized carbons (Fsp3) is 0.0870. The van der Waals surface area contributed by atoms with Crippen LogP contribution in [0.4, 0.5) is 18.9 Å². The molecule has 1 amide bonds. The molecular weight excluding hydrogens is 530 g/mol. The van der Waals surface area contributed by atoms with E-state index in [9.17, 15) is 18.0 Å². The van der Waals surface area contributed by atoms with Crippen LogP contribution in [-0.2, 0) is 17.6 Å². The van der Waals surface area contributed by atoms with Gasteiger partial charge in [-0.15, -0.1) is 0 Å². The first-order chi connectivity index (χ1) is 15.1. The highest BCUT2D eigenvalue weighted by atomic mass is 79.9. The number of fused-ring (bicyclic) bond motifs is 1. The van der Waals surface area contributed by atoms with E-state index in [4.69, 9.17) is 27.9 Å². The van der Waals surface area contributed by atoms with E-state index in [2.05, 4.69) is 21.2 Å². The quantitative estimate of drug-likeness (QED) is 0.341. The first kappa shape index (κ1) is 22.7. The van der Waals surface area contributed by atoms with Crippen molar-refractivity contribution in [3.05, 3.63) is 91.4 Å². The van der Waals surface area contributed by atoms with Crippen LogP contribution in [0.25, 0.3) is 11.6 Å². The predicted octanol–water partition coefficient (Wildman–Crippen LogP) is 7.85. The Bertz CT molecular complexity index is 1260. The zero-order valence-electron chi connectivity index (χ0n) is 16.1. The molecule has 1 heterocycles. The van der Waals surface area contributed by atoms with Crippen LogP contribution in [0.5, 0.6) is 5.75 Å². The van der Waals surface area contributed by atoms with Gasteiger partial charge in [0.25, 0.3) is 5.91 Å². The first-order valence-corrected chi connectivity index (χ1v) is 10.8. The number of carbonyl (C=O) groups is 1. The molecule has 0 radical (unpaired) electrons. The fourth-order valence-electron chi connectivity index (χ4n) is 3.22. The van der Waals surface area contributed by atoms with E-state index in [1.807, 2.05) is 0 Å². The Hall–Kier alpha value is -2.48. The molecule has 0 saturated heterocycles. The Kier molecular flexibility index (Phi) is 6.25. The Morgan fingerprint density at radius 2 is 1.78 bits per heavy atom. The van der Waals surface area contributed by atoms with E-state index < -0.39 is 17.6 Å². The Morgan fingerprint density at radius 1 is 1.00 bits per heavy atom. The van der Waals surface area contributed by atoms with Crippen LogP contribution in [0.2, 0.25) is 10.0 Å². The predicted molar refractivity (Wildman–Crippen MR) is 123 cm³/mol. The minimum Gasteiger partial charge on any atom is -0.488 e. The van der Waals surface area contributed by atoms with Gasteiger partial charge in [-0.25, -0.2) is 0 Å². The molecule has 0 saturated carbocycles. The second kappa shape index (κ2) is 8.81. The summed E-state index contributed by atoms with van der Waals surface area (Å²) in [7, 11) is 0. The van der Waals surface area contributed by atoms with Crippen molar-refractivity contribution in [3.8, 4) is 5.75 Å². The Morgan fingerprint density at radius 3 is 2.50 bits per heavy atom. The smallest absolute Gasteiger partial charge is 0.416 e. The van der Waals surface area contributed by atoms with Gasteiger partial charge in [0.05, 0.1) is 15.6 Å².